The molecule has 3 aromatic rings. The lowest BCUT2D eigenvalue weighted by atomic mass is 9.92. The number of nitrogens with one attached hydrogen (secondary N) is 1. The number of carboxylic acid groups (broad SMARTS) is 1. The summed E-state index contributed by atoms with van der Waals surface area (Å²) in [6, 6.07) is 21.8. The van der Waals surface area contributed by atoms with Gasteiger partial charge in [0.2, 0.25) is 8.32 Å². The van der Waals surface area contributed by atoms with Gasteiger partial charge in [0.1, 0.15) is 11.5 Å². The Bertz CT molecular complexity index is 1390. The molecular formula is C32H39N3O4Si. The fourth-order valence-corrected chi connectivity index (χ4v) is 5.61. The largest absolute Gasteiger partial charge is 0.544 e. The highest BCUT2D eigenvalue weighted by Crippen LogP contribution is 2.37. The van der Waals surface area contributed by atoms with E-state index in [2.05, 4.69) is 51.3 Å². The first-order valence-corrected chi connectivity index (χ1v) is 16.7. The van der Waals surface area contributed by atoms with Crippen molar-refractivity contribution in [3.63, 3.8) is 0 Å². The van der Waals surface area contributed by atoms with Crippen LogP contribution in [0.2, 0.25) is 18.1 Å². The highest BCUT2D eigenvalue weighted by Gasteiger charge is 2.38. The molecule has 0 atom stereocenters. The number of rotatable bonds is 9. The maximum Gasteiger partial charge on any atom is 0.407 e. The van der Waals surface area contributed by atoms with Crippen molar-refractivity contribution in [1.29, 1.82) is 5.26 Å². The van der Waals surface area contributed by atoms with Crippen LogP contribution in [0.15, 0.2) is 60.7 Å². The van der Waals surface area contributed by atoms with Crippen molar-refractivity contribution in [3.8, 4) is 17.6 Å². The third-order valence-electron chi connectivity index (χ3n) is 7.85. The fourth-order valence-electron chi connectivity index (χ4n) is 4.58. The highest BCUT2D eigenvalue weighted by atomic mass is 28.4. The Morgan fingerprint density at radius 1 is 1.07 bits per heavy atom. The van der Waals surface area contributed by atoms with Gasteiger partial charge in [-0.25, -0.2) is 4.79 Å². The number of benzene rings is 3. The summed E-state index contributed by atoms with van der Waals surface area (Å²) < 4.78 is 12.4. The molecule has 0 radical (unpaired) electrons. The fraction of sp³-hybridized carbons (Fsp3) is 0.375. The predicted octanol–water partition coefficient (Wildman–Crippen LogP) is 7.73. The minimum Gasteiger partial charge on any atom is -0.544 e. The van der Waals surface area contributed by atoms with Crippen LogP contribution in [-0.2, 0) is 19.4 Å². The van der Waals surface area contributed by atoms with Gasteiger partial charge in [-0.05, 0) is 90.5 Å². The second kappa shape index (κ2) is 12.1. The number of hydrogen-bond acceptors (Lipinski definition) is 5. The Balaban J connectivity index is 1.35. The van der Waals surface area contributed by atoms with Gasteiger partial charge in [0, 0.05) is 30.5 Å². The molecule has 40 heavy (non-hydrogen) atoms. The molecule has 4 rings (SSSR count). The monoisotopic (exact) mass is 557 g/mol. The highest BCUT2D eigenvalue weighted by molar-refractivity contribution is 6.74. The van der Waals surface area contributed by atoms with Crippen LogP contribution >= 0.6 is 0 Å². The number of aryl methyl sites for hydroxylation is 1. The van der Waals surface area contributed by atoms with Crippen LogP contribution in [0.25, 0.3) is 0 Å². The molecule has 0 aromatic heterocycles. The molecule has 1 heterocycles. The summed E-state index contributed by atoms with van der Waals surface area (Å²) in [7, 11) is -1.91. The smallest absolute Gasteiger partial charge is 0.407 e. The lowest BCUT2D eigenvalue weighted by Gasteiger charge is -2.36. The van der Waals surface area contributed by atoms with Crippen LogP contribution in [0.1, 0.15) is 49.4 Å². The van der Waals surface area contributed by atoms with Gasteiger partial charge in [-0.1, -0.05) is 39.0 Å². The van der Waals surface area contributed by atoms with E-state index in [0.29, 0.717) is 31.0 Å². The van der Waals surface area contributed by atoms with E-state index in [0.717, 1.165) is 42.0 Å². The third kappa shape index (κ3) is 7.16. The molecule has 0 bridgehead atoms. The van der Waals surface area contributed by atoms with Crippen molar-refractivity contribution in [1.82, 2.24) is 4.90 Å². The average molecular weight is 558 g/mol. The van der Waals surface area contributed by atoms with Crippen molar-refractivity contribution in [3.05, 3.63) is 82.9 Å². The van der Waals surface area contributed by atoms with E-state index < -0.39 is 14.4 Å². The van der Waals surface area contributed by atoms with E-state index in [1.807, 2.05) is 48.5 Å². The topological polar surface area (TPSA) is 94.8 Å². The van der Waals surface area contributed by atoms with Gasteiger partial charge in [0.05, 0.1) is 18.2 Å². The minimum absolute atomic E-state index is 0.127. The molecule has 0 saturated carbocycles. The lowest BCUT2D eigenvalue weighted by Crippen LogP contribution is -2.43. The molecule has 1 aliphatic rings. The van der Waals surface area contributed by atoms with Crippen LogP contribution in [0.4, 0.5) is 16.2 Å². The quantitative estimate of drug-likeness (QED) is 0.206. The van der Waals surface area contributed by atoms with E-state index >= 15 is 0 Å². The second-order valence-corrected chi connectivity index (χ2v) is 16.6. The van der Waals surface area contributed by atoms with Gasteiger partial charge in [0.25, 0.3) is 0 Å². The Hall–Kier alpha value is -3.96. The maximum absolute atomic E-state index is 11.3. The normalized spacial score (nSPS) is 13.2. The summed E-state index contributed by atoms with van der Waals surface area (Å²) in [5.74, 6) is 1.51. The molecule has 1 aliphatic heterocycles. The Kier molecular flexibility index (Phi) is 8.75. The Morgan fingerprint density at radius 2 is 1.82 bits per heavy atom. The summed E-state index contributed by atoms with van der Waals surface area (Å²) in [4.78, 5) is 12.8. The van der Waals surface area contributed by atoms with E-state index in [4.69, 9.17) is 9.16 Å². The zero-order valence-electron chi connectivity index (χ0n) is 24.1. The molecule has 1 amide bonds. The number of amides is 1. The number of carbonyl (C=O) groups is 1. The van der Waals surface area contributed by atoms with Crippen LogP contribution < -0.4 is 14.5 Å². The summed E-state index contributed by atoms with van der Waals surface area (Å²) in [6.45, 7) is 12.6. The minimum atomic E-state index is -1.91. The van der Waals surface area contributed by atoms with Crippen LogP contribution in [0.5, 0.6) is 11.5 Å². The van der Waals surface area contributed by atoms with Crippen LogP contribution in [-0.4, -0.2) is 37.6 Å². The zero-order chi connectivity index (χ0) is 28.9. The molecule has 0 fully saturated rings. The average Bonchev–Trinajstić information content (AvgIpc) is 2.91. The second-order valence-electron chi connectivity index (χ2n) is 11.8. The summed E-state index contributed by atoms with van der Waals surface area (Å²) in [5, 5.41) is 22.4. The van der Waals surface area contributed by atoms with Gasteiger partial charge in [-0.15, -0.1) is 0 Å². The predicted molar refractivity (Wildman–Crippen MR) is 161 cm³/mol. The summed E-state index contributed by atoms with van der Waals surface area (Å²) in [5.41, 5.74) is 5.81. The summed E-state index contributed by atoms with van der Waals surface area (Å²) >= 11 is 0. The number of ether oxygens (including phenoxy) is 1. The number of nitriles is 1. The third-order valence-corrected chi connectivity index (χ3v) is 12.2. The van der Waals surface area contributed by atoms with Gasteiger partial charge >= 0.3 is 6.09 Å². The Morgan fingerprint density at radius 3 is 2.50 bits per heavy atom. The van der Waals surface area contributed by atoms with Crippen molar-refractivity contribution >= 4 is 25.8 Å². The molecule has 210 valence electrons. The van der Waals surface area contributed by atoms with Crippen LogP contribution in [0, 0.1) is 11.3 Å². The molecule has 0 aliphatic carbocycles. The molecule has 0 unspecified atom stereocenters. The lowest BCUT2D eigenvalue weighted by molar-refractivity contribution is 0.140. The standard InChI is InChI=1S/C32H39N3O4Si/c1-32(2,3)40(4,5)39-28-13-11-26(12-14-28)34-27-18-23(21-33)19-29(20-27)38-17-7-10-24-8-6-9-25-22-35(31(36)37)16-15-30(24)25/h6,8-9,11-14,18-20,34H,7,10,15-17,22H2,1-5H3,(H,36,37). The molecule has 0 spiro atoms. The number of fused-ring (bicyclic) bond motifs is 1. The van der Waals surface area contributed by atoms with E-state index in [9.17, 15) is 15.2 Å². The van der Waals surface area contributed by atoms with Gasteiger partial charge in [0.15, 0.2) is 0 Å². The number of anilines is 2. The van der Waals surface area contributed by atoms with E-state index in [1.165, 1.54) is 16.0 Å². The first-order valence-electron chi connectivity index (χ1n) is 13.8. The number of nitrogens with zero attached hydrogens (tertiary/aromatic N) is 2. The van der Waals surface area contributed by atoms with E-state index in [1.54, 1.807) is 6.07 Å². The van der Waals surface area contributed by atoms with Crippen molar-refractivity contribution in [2.45, 2.75) is 64.7 Å². The van der Waals surface area contributed by atoms with E-state index in [-0.39, 0.29) is 5.04 Å². The molecule has 0 saturated heterocycles. The molecular weight excluding hydrogens is 518 g/mol. The molecule has 7 nitrogen and oxygen atoms in total. The van der Waals surface area contributed by atoms with Gasteiger partial charge < -0.3 is 24.5 Å². The van der Waals surface area contributed by atoms with Crippen LogP contribution in [0.3, 0.4) is 0 Å². The SMILES string of the molecule is CC(C)(C)[Si](C)(C)Oc1ccc(Nc2cc(C#N)cc(OCCCc3cccc4c3CCN(C(=O)O)C4)c2)cc1. The van der Waals surface area contributed by atoms with Gasteiger partial charge in [-0.3, -0.25) is 0 Å². The molecule has 3 aromatic carbocycles. The molecule has 2 N–H and O–H groups in total. The summed E-state index contributed by atoms with van der Waals surface area (Å²) in [6.07, 6.45) is 1.53. The first-order chi connectivity index (χ1) is 18.9. The molecule has 8 heteroatoms. The Labute approximate surface area is 238 Å². The number of hydrogen-bond donors (Lipinski definition) is 2. The maximum atomic E-state index is 11.3. The van der Waals surface area contributed by atoms with Crippen molar-refractivity contribution in [2.75, 3.05) is 18.5 Å². The van der Waals surface area contributed by atoms with Gasteiger partial charge in [-0.2, -0.15) is 5.26 Å². The van der Waals surface area contributed by atoms with Crippen molar-refractivity contribution in [2.24, 2.45) is 0 Å². The zero-order valence-corrected chi connectivity index (χ0v) is 25.1. The van der Waals surface area contributed by atoms with Crippen molar-refractivity contribution < 1.29 is 19.1 Å². The first kappa shape index (κ1) is 29.0.